The van der Waals surface area contributed by atoms with Gasteiger partial charge in [-0.15, -0.1) is 0 Å². The third-order valence-corrected chi connectivity index (χ3v) is 3.75. The molecule has 0 aromatic carbocycles. The largest absolute Gasteiger partial charge is 0.480 e. The minimum Gasteiger partial charge on any atom is -0.480 e. The summed E-state index contributed by atoms with van der Waals surface area (Å²) in [5.41, 5.74) is -0.118. The number of carboxylic acid groups (broad SMARTS) is 1. The number of hydrogen-bond acceptors (Lipinski definition) is 4. The fraction of sp³-hybridized carbons (Fsp3) is 0.923. The highest BCUT2D eigenvalue weighted by atomic mass is 16.5. The van der Waals surface area contributed by atoms with Gasteiger partial charge in [0.25, 0.3) is 0 Å². The highest BCUT2D eigenvalue weighted by molar-refractivity contribution is 5.69. The molecule has 106 valence electrons. The summed E-state index contributed by atoms with van der Waals surface area (Å²) in [6.07, 6.45) is 2.74. The van der Waals surface area contributed by atoms with Crippen LogP contribution in [0.1, 0.15) is 33.1 Å². The van der Waals surface area contributed by atoms with Crippen molar-refractivity contribution < 1.29 is 19.4 Å². The lowest BCUT2D eigenvalue weighted by atomic mass is 9.89. The monoisotopic (exact) mass is 259 g/mol. The molecule has 18 heavy (non-hydrogen) atoms. The summed E-state index contributed by atoms with van der Waals surface area (Å²) in [6, 6.07) is 0.273. The minimum atomic E-state index is -0.782. The molecule has 1 heterocycles. The zero-order chi connectivity index (χ0) is 13.6. The molecule has 1 rings (SSSR count). The van der Waals surface area contributed by atoms with Crippen LogP contribution in [0.2, 0.25) is 0 Å². The van der Waals surface area contributed by atoms with E-state index in [4.69, 9.17) is 14.6 Å². The van der Waals surface area contributed by atoms with Crippen LogP contribution in [0, 0.1) is 0 Å². The van der Waals surface area contributed by atoms with Crippen molar-refractivity contribution in [3.8, 4) is 0 Å². The van der Waals surface area contributed by atoms with E-state index in [1.54, 1.807) is 7.11 Å². The van der Waals surface area contributed by atoms with Gasteiger partial charge in [0.2, 0.25) is 0 Å². The van der Waals surface area contributed by atoms with Crippen LogP contribution >= 0.6 is 0 Å². The lowest BCUT2D eigenvalue weighted by Gasteiger charge is -2.42. The highest BCUT2D eigenvalue weighted by Gasteiger charge is 2.34. The average Bonchev–Trinajstić information content (AvgIpc) is 2.34. The molecule has 0 aromatic heterocycles. The standard InChI is InChI=1S/C13H25NO4/c1-4-13(2)9-11(5-7-18-13)14(6-8-17-3)10-12(15)16/h11H,4-10H2,1-3H3,(H,15,16). The number of rotatable bonds is 7. The Morgan fingerprint density at radius 3 is 2.89 bits per heavy atom. The number of ether oxygens (including phenoxy) is 2. The fourth-order valence-electron chi connectivity index (χ4n) is 2.43. The van der Waals surface area contributed by atoms with Crippen molar-refractivity contribution >= 4 is 5.97 Å². The Labute approximate surface area is 109 Å². The lowest BCUT2D eigenvalue weighted by molar-refractivity contribution is -0.142. The number of methoxy groups -OCH3 is 1. The normalized spacial score (nSPS) is 28.6. The Morgan fingerprint density at radius 1 is 1.61 bits per heavy atom. The van der Waals surface area contributed by atoms with Crippen LogP contribution in [0.3, 0.4) is 0 Å². The minimum absolute atomic E-state index is 0.0772. The first-order valence-corrected chi connectivity index (χ1v) is 6.59. The molecule has 0 spiro atoms. The molecule has 1 N–H and O–H groups in total. The number of hydrogen-bond donors (Lipinski definition) is 1. The average molecular weight is 259 g/mol. The van der Waals surface area contributed by atoms with Crippen molar-refractivity contribution in [1.82, 2.24) is 4.90 Å². The number of carboxylic acids is 1. The molecule has 0 saturated carbocycles. The first-order chi connectivity index (χ1) is 8.50. The van der Waals surface area contributed by atoms with E-state index in [2.05, 4.69) is 13.8 Å². The van der Waals surface area contributed by atoms with Crippen LogP contribution in [-0.2, 0) is 14.3 Å². The van der Waals surface area contributed by atoms with Crippen molar-refractivity contribution in [3.63, 3.8) is 0 Å². The topological polar surface area (TPSA) is 59.0 Å². The van der Waals surface area contributed by atoms with Crippen molar-refractivity contribution in [2.45, 2.75) is 44.8 Å². The quantitative estimate of drug-likeness (QED) is 0.748. The number of nitrogens with zero attached hydrogens (tertiary/aromatic N) is 1. The molecule has 1 fully saturated rings. The molecule has 0 radical (unpaired) electrons. The van der Waals surface area contributed by atoms with Gasteiger partial charge >= 0.3 is 5.97 Å². The van der Waals surface area contributed by atoms with E-state index in [-0.39, 0.29) is 18.2 Å². The molecule has 5 nitrogen and oxygen atoms in total. The zero-order valence-corrected chi connectivity index (χ0v) is 11.6. The Bertz CT molecular complexity index is 272. The van der Waals surface area contributed by atoms with E-state index in [9.17, 15) is 4.79 Å². The molecule has 5 heteroatoms. The maximum Gasteiger partial charge on any atom is 0.317 e. The lowest BCUT2D eigenvalue weighted by Crippen LogP contribution is -2.49. The van der Waals surface area contributed by atoms with Crippen LogP contribution in [0.4, 0.5) is 0 Å². The molecule has 1 aliphatic rings. The summed E-state index contributed by atoms with van der Waals surface area (Å²) in [7, 11) is 1.64. The van der Waals surface area contributed by atoms with Crippen LogP contribution in [0.15, 0.2) is 0 Å². The maximum atomic E-state index is 10.9. The van der Waals surface area contributed by atoms with Crippen LogP contribution < -0.4 is 0 Å². The van der Waals surface area contributed by atoms with Gasteiger partial charge in [0.05, 0.1) is 18.8 Å². The van der Waals surface area contributed by atoms with Gasteiger partial charge in [-0.05, 0) is 26.2 Å². The van der Waals surface area contributed by atoms with Gasteiger partial charge in [-0.2, -0.15) is 0 Å². The second-order valence-corrected chi connectivity index (χ2v) is 5.16. The van der Waals surface area contributed by atoms with Gasteiger partial charge in [-0.3, -0.25) is 9.69 Å². The Morgan fingerprint density at radius 2 is 2.33 bits per heavy atom. The third-order valence-electron chi connectivity index (χ3n) is 3.75. The molecular formula is C13H25NO4. The second kappa shape index (κ2) is 7.07. The maximum absolute atomic E-state index is 10.9. The number of carbonyl (C=O) groups is 1. The van der Waals surface area contributed by atoms with E-state index in [0.29, 0.717) is 19.8 Å². The summed E-state index contributed by atoms with van der Waals surface area (Å²) in [5, 5.41) is 8.99. The second-order valence-electron chi connectivity index (χ2n) is 5.16. The van der Waals surface area contributed by atoms with Gasteiger partial charge in [-0.25, -0.2) is 0 Å². The van der Waals surface area contributed by atoms with Crippen molar-refractivity contribution in [2.24, 2.45) is 0 Å². The van der Waals surface area contributed by atoms with Crippen molar-refractivity contribution in [3.05, 3.63) is 0 Å². The van der Waals surface area contributed by atoms with Gasteiger partial charge in [0.15, 0.2) is 0 Å². The molecule has 2 unspecified atom stereocenters. The predicted octanol–water partition coefficient (Wildman–Crippen LogP) is 1.37. The van der Waals surface area contributed by atoms with Gasteiger partial charge < -0.3 is 14.6 Å². The van der Waals surface area contributed by atoms with Crippen molar-refractivity contribution in [2.75, 3.05) is 33.4 Å². The predicted molar refractivity (Wildman–Crippen MR) is 68.8 cm³/mol. The first-order valence-electron chi connectivity index (χ1n) is 6.59. The van der Waals surface area contributed by atoms with E-state index >= 15 is 0 Å². The molecule has 0 bridgehead atoms. The van der Waals surface area contributed by atoms with E-state index in [1.807, 2.05) is 4.90 Å². The molecule has 0 aromatic rings. The fourth-order valence-corrected chi connectivity index (χ4v) is 2.43. The van der Waals surface area contributed by atoms with Crippen molar-refractivity contribution in [1.29, 1.82) is 0 Å². The summed E-state index contributed by atoms with van der Waals surface area (Å²) in [6.45, 7) is 6.22. The zero-order valence-electron chi connectivity index (χ0n) is 11.6. The van der Waals surface area contributed by atoms with Gasteiger partial charge in [-0.1, -0.05) is 6.92 Å². The molecular weight excluding hydrogens is 234 g/mol. The van der Waals surface area contributed by atoms with E-state index < -0.39 is 5.97 Å². The molecule has 2 atom stereocenters. The number of aliphatic carboxylic acids is 1. The summed E-state index contributed by atoms with van der Waals surface area (Å²) in [4.78, 5) is 12.9. The molecule has 1 aliphatic heterocycles. The van der Waals surface area contributed by atoms with Crippen LogP contribution in [-0.4, -0.2) is 61.0 Å². The van der Waals surface area contributed by atoms with E-state index in [1.165, 1.54) is 0 Å². The summed E-state index contributed by atoms with van der Waals surface area (Å²) < 4.78 is 10.9. The van der Waals surface area contributed by atoms with Crippen LogP contribution in [0.25, 0.3) is 0 Å². The third kappa shape index (κ3) is 4.55. The smallest absolute Gasteiger partial charge is 0.317 e. The molecule has 0 amide bonds. The van der Waals surface area contributed by atoms with Crippen LogP contribution in [0.5, 0.6) is 0 Å². The van der Waals surface area contributed by atoms with Gasteiger partial charge in [0, 0.05) is 26.3 Å². The SMILES string of the molecule is CCC1(C)CC(N(CCOC)CC(=O)O)CCO1. The van der Waals surface area contributed by atoms with E-state index in [0.717, 1.165) is 19.3 Å². The Balaban J connectivity index is 2.62. The Kier molecular flexibility index (Phi) is 6.05. The molecule has 1 saturated heterocycles. The highest BCUT2D eigenvalue weighted by Crippen LogP contribution is 2.30. The summed E-state index contributed by atoms with van der Waals surface area (Å²) >= 11 is 0. The first kappa shape index (κ1) is 15.4. The molecule has 0 aliphatic carbocycles. The summed E-state index contributed by atoms with van der Waals surface area (Å²) in [5.74, 6) is -0.782. The Hall–Kier alpha value is -0.650. The van der Waals surface area contributed by atoms with Gasteiger partial charge in [0.1, 0.15) is 0 Å².